The van der Waals surface area contributed by atoms with Gasteiger partial charge < -0.3 is 88.6 Å². The summed E-state index contributed by atoms with van der Waals surface area (Å²) in [5, 5.41) is 25.6. The number of rotatable bonds is 35. The van der Waals surface area contributed by atoms with E-state index in [0.717, 1.165) is 5.56 Å². The van der Waals surface area contributed by atoms with E-state index in [-0.39, 0.29) is 127 Å². The Kier molecular flexibility index (Phi) is 29.9. The number of hydrogen-bond acceptors (Lipinski definition) is 12. The minimum atomic E-state index is -1.34. The number of hydrogen-bond donors (Lipinski definition) is 16. The van der Waals surface area contributed by atoms with Crippen molar-refractivity contribution in [3.8, 4) is 0 Å². The molecule has 0 aliphatic rings. The maximum atomic E-state index is 14.3. The number of nitrogens with two attached hydrogens (primary N) is 9. The average molecular weight is 974 g/mol. The van der Waals surface area contributed by atoms with Crippen LogP contribution in [0, 0.1) is 5.92 Å². The number of unbranched alkanes of at least 4 members (excludes halogenated alkanes) is 1. The highest BCUT2D eigenvalue weighted by atomic mass is 16.3. The molecule has 0 heterocycles. The van der Waals surface area contributed by atoms with Gasteiger partial charge in [-0.15, -0.1) is 0 Å². The molecule has 0 aromatic heterocycles. The van der Waals surface area contributed by atoms with E-state index in [9.17, 15) is 33.9 Å². The third-order valence-electron chi connectivity index (χ3n) is 10.2. The summed E-state index contributed by atoms with van der Waals surface area (Å²) < 4.78 is 0. The molecule has 0 bridgehead atoms. The minimum absolute atomic E-state index is 0.000210. The van der Waals surface area contributed by atoms with Crippen molar-refractivity contribution in [2.24, 2.45) is 77.5 Å². The SMILES string of the molecule is CC(C)C[C@H](N)C(=O)N[C@@H](CCCN=C(N)N)C(=O)N[C@@H](CCCN=C(N)N)C(=O)N[C@@H](CCCN=C(N)N)C(=O)N[C@@H](CCCN=C(N)N)C(=O)N[C@@H](Cc1ccccc1)C(=O)NCCCCO. The molecule has 0 saturated carbocycles. The number of aliphatic imine (C=N–C) groups is 4. The van der Waals surface area contributed by atoms with Crippen LogP contribution in [-0.2, 0) is 35.2 Å². The minimum Gasteiger partial charge on any atom is -0.396 e. The summed E-state index contributed by atoms with van der Waals surface area (Å²) in [6.45, 7) is 4.36. The Hall–Kier alpha value is -6.96. The van der Waals surface area contributed by atoms with E-state index >= 15 is 0 Å². The number of carbonyl (C=O) groups excluding carboxylic acids is 6. The van der Waals surface area contributed by atoms with Gasteiger partial charge in [0.15, 0.2) is 23.8 Å². The van der Waals surface area contributed by atoms with Crippen LogP contribution >= 0.6 is 0 Å². The summed E-state index contributed by atoms with van der Waals surface area (Å²) in [4.78, 5) is 99.3. The van der Waals surface area contributed by atoms with E-state index in [0.29, 0.717) is 19.3 Å². The predicted octanol–water partition coefficient (Wildman–Crippen LogP) is -4.87. The van der Waals surface area contributed by atoms with E-state index in [4.69, 9.17) is 51.6 Å². The van der Waals surface area contributed by atoms with E-state index in [1.54, 1.807) is 24.3 Å². The zero-order chi connectivity index (χ0) is 51.7. The van der Waals surface area contributed by atoms with Crippen LogP contribution < -0.4 is 83.5 Å². The molecule has 1 aromatic rings. The van der Waals surface area contributed by atoms with Crippen molar-refractivity contribution in [1.29, 1.82) is 0 Å². The molecule has 388 valence electrons. The summed E-state index contributed by atoms with van der Waals surface area (Å²) in [6.07, 6.45) is 2.24. The van der Waals surface area contributed by atoms with Crippen LogP contribution in [0.5, 0.6) is 0 Å². The van der Waals surface area contributed by atoms with Gasteiger partial charge in [0.05, 0.1) is 6.04 Å². The first kappa shape index (κ1) is 60.1. The predicted molar refractivity (Wildman–Crippen MR) is 266 cm³/mol. The second kappa shape index (κ2) is 34.3. The zero-order valence-corrected chi connectivity index (χ0v) is 40.0. The third-order valence-corrected chi connectivity index (χ3v) is 10.2. The number of guanidine groups is 4. The molecule has 0 fully saturated rings. The zero-order valence-electron chi connectivity index (χ0n) is 40.0. The molecule has 26 heteroatoms. The Morgan fingerprint density at radius 2 is 0.841 bits per heavy atom. The Bertz CT molecular complexity index is 1850. The molecule has 6 atom stereocenters. The second-order valence-corrected chi connectivity index (χ2v) is 16.7. The van der Waals surface area contributed by atoms with Crippen LogP contribution in [0.4, 0.5) is 0 Å². The number of aliphatic hydroxyl groups is 1. The van der Waals surface area contributed by atoms with Gasteiger partial charge in [0.1, 0.15) is 30.2 Å². The first-order chi connectivity index (χ1) is 32.7. The average Bonchev–Trinajstić information content (AvgIpc) is 3.28. The van der Waals surface area contributed by atoms with Gasteiger partial charge in [0, 0.05) is 45.8 Å². The normalized spacial score (nSPS) is 13.4. The van der Waals surface area contributed by atoms with E-state index in [1.165, 1.54) is 0 Å². The lowest BCUT2D eigenvalue weighted by Gasteiger charge is -2.27. The van der Waals surface area contributed by atoms with Gasteiger partial charge in [0.25, 0.3) is 0 Å². The van der Waals surface area contributed by atoms with Gasteiger partial charge in [0.2, 0.25) is 35.4 Å². The molecule has 26 nitrogen and oxygen atoms in total. The van der Waals surface area contributed by atoms with Crippen molar-refractivity contribution in [2.45, 2.75) is 127 Å². The van der Waals surface area contributed by atoms with Crippen molar-refractivity contribution in [3.63, 3.8) is 0 Å². The maximum absolute atomic E-state index is 14.3. The topological polar surface area (TPSA) is 478 Å². The molecule has 0 spiro atoms. The lowest BCUT2D eigenvalue weighted by molar-refractivity contribution is -0.135. The molecule has 69 heavy (non-hydrogen) atoms. The van der Waals surface area contributed by atoms with Gasteiger partial charge in [-0.05, 0) is 82.1 Å². The van der Waals surface area contributed by atoms with Gasteiger partial charge in [-0.3, -0.25) is 48.7 Å². The largest absolute Gasteiger partial charge is 0.396 e. The Morgan fingerprint density at radius 1 is 0.493 bits per heavy atom. The van der Waals surface area contributed by atoms with Crippen LogP contribution in [0.2, 0.25) is 0 Å². The lowest BCUT2D eigenvalue weighted by atomic mass is 10.0. The molecule has 1 rings (SSSR count). The van der Waals surface area contributed by atoms with Gasteiger partial charge in [-0.25, -0.2) is 0 Å². The van der Waals surface area contributed by atoms with Crippen molar-refractivity contribution in [3.05, 3.63) is 35.9 Å². The summed E-state index contributed by atoms with van der Waals surface area (Å²) in [6, 6.07) is 1.89. The molecule has 0 aliphatic carbocycles. The van der Waals surface area contributed by atoms with Gasteiger partial charge in [-0.2, -0.15) is 0 Å². The number of nitrogens with zero attached hydrogens (tertiary/aromatic N) is 4. The molecule has 0 unspecified atom stereocenters. The fourth-order valence-electron chi connectivity index (χ4n) is 6.70. The molecule has 25 N–H and O–H groups in total. The van der Waals surface area contributed by atoms with Crippen LogP contribution in [0.15, 0.2) is 50.3 Å². The maximum Gasteiger partial charge on any atom is 0.243 e. The first-order valence-electron chi connectivity index (χ1n) is 23.1. The Morgan fingerprint density at radius 3 is 1.17 bits per heavy atom. The number of amides is 6. The first-order valence-corrected chi connectivity index (χ1v) is 23.1. The summed E-state index contributed by atoms with van der Waals surface area (Å²) in [7, 11) is 0. The number of benzene rings is 1. The van der Waals surface area contributed by atoms with E-state index in [1.807, 2.05) is 19.9 Å². The monoisotopic (exact) mass is 974 g/mol. The molecule has 0 saturated heterocycles. The number of nitrogens with one attached hydrogen (secondary N) is 6. The highest BCUT2D eigenvalue weighted by molar-refractivity contribution is 5.96. The fraction of sp³-hybridized carbons (Fsp3) is 0.628. The van der Waals surface area contributed by atoms with Gasteiger partial charge >= 0.3 is 0 Å². The van der Waals surface area contributed by atoms with Crippen molar-refractivity contribution < 1.29 is 33.9 Å². The molecule has 0 aliphatic heterocycles. The smallest absolute Gasteiger partial charge is 0.243 e. The number of aliphatic hydroxyl groups excluding tert-OH is 1. The second-order valence-electron chi connectivity index (χ2n) is 16.7. The summed E-state index contributed by atoms with van der Waals surface area (Å²) in [5.74, 6) is -4.77. The Balaban J connectivity index is 3.62. The number of carbonyl (C=O) groups is 6. The highest BCUT2D eigenvalue weighted by Gasteiger charge is 2.33. The molecule has 6 amide bonds. The third kappa shape index (κ3) is 28.1. The molecular formula is C43H79N19O7. The quantitative estimate of drug-likeness (QED) is 0.0172. The van der Waals surface area contributed by atoms with Crippen LogP contribution in [0.3, 0.4) is 0 Å². The fourth-order valence-corrected chi connectivity index (χ4v) is 6.70. The Labute approximate surface area is 404 Å². The molecule has 0 radical (unpaired) electrons. The van der Waals surface area contributed by atoms with E-state index < -0.39 is 71.7 Å². The van der Waals surface area contributed by atoms with Crippen LogP contribution in [0.25, 0.3) is 0 Å². The van der Waals surface area contributed by atoms with Crippen molar-refractivity contribution in [1.82, 2.24) is 31.9 Å². The highest BCUT2D eigenvalue weighted by Crippen LogP contribution is 2.11. The van der Waals surface area contributed by atoms with Gasteiger partial charge in [-0.1, -0.05) is 44.2 Å². The summed E-state index contributed by atoms with van der Waals surface area (Å²) in [5.41, 5.74) is 51.0. The van der Waals surface area contributed by atoms with Crippen LogP contribution in [-0.4, -0.2) is 140 Å². The molecular weight excluding hydrogens is 895 g/mol. The standard InChI is InChI=1S/C43H79N19O7/c1-26(2)24-28(44)34(64)58-29(14-8-19-54-40(45)46)36(66)59-30(15-9-20-55-41(47)48)37(67)60-31(16-10-21-56-42(49)50)38(68)61-32(17-11-22-57-43(51)52)39(69)62-33(25-27-12-4-3-5-13-27)35(65)53-18-6-7-23-63/h3-5,12-13,26,28-33,63H,6-11,14-25,44H2,1-2H3,(H,53,65)(H,58,64)(H,59,66)(H,60,67)(H,61,68)(H,62,69)(H4,45,46,54)(H4,47,48,55)(H4,49,50,56)(H4,51,52,57)/t28-,29-,30-,31-,32-,33-/m0/s1. The van der Waals surface area contributed by atoms with Crippen molar-refractivity contribution >= 4 is 59.3 Å². The molecule has 1 aromatic carbocycles. The van der Waals surface area contributed by atoms with Crippen molar-refractivity contribution in [2.75, 3.05) is 39.3 Å². The van der Waals surface area contributed by atoms with E-state index in [2.05, 4.69) is 51.9 Å². The lowest BCUT2D eigenvalue weighted by Crippen LogP contribution is -2.59. The van der Waals surface area contributed by atoms with Crippen LogP contribution in [0.1, 0.15) is 90.0 Å². The summed E-state index contributed by atoms with van der Waals surface area (Å²) >= 11 is 0.